The van der Waals surface area contributed by atoms with Crippen LogP contribution in [0.25, 0.3) is 0 Å². The molecule has 6 heteroatoms. The van der Waals surface area contributed by atoms with Gasteiger partial charge in [0.25, 0.3) is 0 Å². The minimum atomic E-state index is 0.857. The van der Waals surface area contributed by atoms with Crippen molar-refractivity contribution in [3.63, 3.8) is 0 Å². The van der Waals surface area contributed by atoms with Gasteiger partial charge in [-0.25, -0.2) is 0 Å². The summed E-state index contributed by atoms with van der Waals surface area (Å²) in [6.07, 6.45) is 12.4. The summed E-state index contributed by atoms with van der Waals surface area (Å²) in [4.78, 5) is 2.40. The van der Waals surface area contributed by atoms with Crippen molar-refractivity contribution in [1.82, 2.24) is 0 Å². The number of hydrogen-bond acceptors (Lipinski definition) is 0. The van der Waals surface area contributed by atoms with E-state index in [9.17, 15) is 0 Å². The Labute approximate surface area is 117 Å². The molecule has 0 fully saturated rings. The Balaban J connectivity index is 2.27. The monoisotopic (exact) mass is 586 g/mol. The molecule has 0 aliphatic carbocycles. The molecule has 0 bridgehead atoms. The topological polar surface area (TPSA) is 0 Å². The second kappa shape index (κ2) is 11.8. The van der Waals surface area contributed by atoms with Gasteiger partial charge in [0.05, 0.1) is 0 Å². The number of hydrogen-bond donors (Lipinski definition) is 0. The van der Waals surface area contributed by atoms with Gasteiger partial charge in [-0.05, 0) is 0 Å². The first-order valence-corrected chi connectivity index (χ1v) is 27.8. The fourth-order valence-electron chi connectivity index (χ4n) is 0.612. The Hall–Kier alpha value is 2.34. The molecule has 0 amide bonds. The Morgan fingerprint density at radius 1 is 0.786 bits per heavy atom. The summed E-state index contributed by atoms with van der Waals surface area (Å²) in [6.45, 7) is 0. The molecule has 78 valence electrons. The fourth-order valence-corrected chi connectivity index (χ4v) is 123. The van der Waals surface area contributed by atoms with E-state index in [1.807, 2.05) is 0 Å². The third kappa shape index (κ3) is 9.55. The van der Waals surface area contributed by atoms with Crippen LogP contribution in [0.3, 0.4) is 0 Å². The maximum atomic E-state index is 2.40. The molecule has 0 aromatic rings. The van der Waals surface area contributed by atoms with Crippen LogP contribution in [0.1, 0.15) is 6.42 Å². The standard InChI is InChI=1S/C8H10Se6/c1-2-4-6-8-10-12-14-13-11-9-7-5-3-1/h1-5,7H,6,8H2/b3-1+,4-2-,7-5+. The SMILES string of the molecule is C1=C\CC[Se][Se][Se][Se][Se][Se]/C=C/C=C/1. The zero-order chi connectivity index (χ0) is 9.90. The summed E-state index contributed by atoms with van der Waals surface area (Å²) < 4.78 is 0. The summed E-state index contributed by atoms with van der Waals surface area (Å²) in [5.74, 6) is 0. The predicted octanol–water partition coefficient (Wildman–Crippen LogP) is 0.235. The molecule has 0 atom stereocenters. The van der Waals surface area contributed by atoms with Crippen molar-refractivity contribution in [3.8, 4) is 0 Å². The predicted molar refractivity (Wildman–Crippen MR) is 71.4 cm³/mol. The first-order valence-electron chi connectivity index (χ1n) is 3.93. The average Bonchev–Trinajstić information content (AvgIpc) is 2.22. The van der Waals surface area contributed by atoms with E-state index in [1.54, 1.807) is 0 Å². The van der Waals surface area contributed by atoms with Crippen molar-refractivity contribution >= 4 is 71.5 Å². The average molecular weight is 580 g/mol. The van der Waals surface area contributed by atoms with Gasteiger partial charge in [-0.1, -0.05) is 0 Å². The van der Waals surface area contributed by atoms with Gasteiger partial charge in [0.2, 0.25) is 0 Å². The zero-order valence-corrected chi connectivity index (χ0v) is 17.6. The van der Waals surface area contributed by atoms with Gasteiger partial charge < -0.3 is 0 Å². The van der Waals surface area contributed by atoms with Gasteiger partial charge in [-0.15, -0.1) is 0 Å². The van der Waals surface area contributed by atoms with E-state index < -0.39 is 0 Å². The first-order chi connectivity index (χ1) is 7.00. The van der Waals surface area contributed by atoms with E-state index in [0.717, 1.165) is 71.5 Å². The molecule has 14 heavy (non-hydrogen) atoms. The Bertz CT molecular complexity index is 188. The first kappa shape index (κ1) is 14.4. The molecule has 0 radical (unpaired) electrons. The van der Waals surface area contributed by atoms with Crippen LogP contribution in [0.5, 0.6) is 0 Å². The van der Waals surface area contributed by atoms with Crippen LogP contribution in [-0.2, 0) is 0 Å². The quantitative estimate of drug-likeness (QED) is 0.361. The molecule has 1 aliphatic heterocycles. The maximum absolute atomic E-state index is 2.40. The van der Waals surface area contributed by atoms with Crippen molar-refractivity contribution in [2.75, 3.05) is 0 Å². The minimum absolute atomic E-state index is 0.857. The summed E-state index contributed by atoms with van der Waals surface area (Å²) >= 11 is 6.20. The molecule has 0 saturated carbocycles. The van der Waals surface area contributed by atoms with Crippen LogP contribution < -0.4 is 0 Å². The van der Waals surface area contributed by atoms with Gasteiger partial charge in [0.1, 0.15) is 0 Å². The van der Waals surface area contributed by atoms with Gasteiger partial charge in [-0.3, -0.25) is 0 Å². The van der Waals surface area contributed by atoms with Crippen molar-refractivity contribution in [1.29, 1.82) is 0 Å². The Kier molecular flexibility index (Phi) is 12.1. The van der Waals surface area contributed by atoms with Crippen LogP contribution in [-0.4, -0.2) is 71.5 Å². The van der Waals surface area contributed by atoms with Crippen LogP contribution in [0.15, 0.2) is 35.4 Å². The molecule has 1 aliphatic rings. The summed E-state index contributed by atoms with van der Waals surface area (Å²) in [6, 6.07) is 0. The van der Waals surface area contributed by atoms with Crippen LogP contribution >= 0.6 is 0 Å². The van der Waals surface area contributed by atoms with Crippen LogP contribution in [0, 0.1) is 0 Å². The van der Waals surface area contributed by atoms with Crippen molar-refractivity contribution < 1.29 is 0 Å². The molecular weight excluding hydrogens is 570 g/mol. The van der Waals surface area contributed by atoms with Gasteiger partial charge in [0.15, 0.2) is 0 Å². The van der Waals surface area contributed by atoms with Crippen molar-refractivity contribution in [2.45, 2.75) is 11.7 Å². The van der Waals surface area contributed by atoms with Crippen LogP contribution in [0.4, 0.5) is 0 Å². The van der Waals surface area contributed by atoms with E-state index in [1.165, 1.54) is 11.7 Å². The van der Waals surface area contributed by atoms with Crippen molar-refractivity contribution in [3.05, 3.63) is 35.4 Å². The molecule has 1 heterocycles. The zero-order valence-electron chi connectivity index (χ0n) is 7.33. The normalized spacial score (nSPS) is 27.4. The Morgan fingerprint density at radius 2 is 1.64 bits per heavy atom. The molecule has 0 aromatic heterocycles. The van der Waals surface area contributed by atoms with E-state index in [2.05, 4.69) is 35.4 Å². The molecule has 0 spiro atoms. The van der Waals surface area contributed by atoms with Gasteiger partial charge in [0, 0.05) is 0 Å². The van der Waals surface area contributed by atoms with Gasteiger partial charge in [-0.2, -0.15) is 0 Å². The molecule has 0 saturated heterocycles. The summed E-state index contributed by atoms with van der Waals surface area (Å²) in [7, 11) is 0. The second-order valence-electron chi connectivity index (χ2n) is 2.12. The summed E-state index contributed by atoms with van der Waals surface area (Å²) in [5.41, 5.74) is 0. The number of allylic oxidation sites excluding steroid dienone is 5. The van der Waals surface area contributed by atoms with E-state index >= 15 is 0 Å². The third-order valence-corrected chi connectivity index (χ3v) is 78.4. The molecule has 1 rings (SSSR count). The van der Waals surface area contributed by atoms with E-state index in [-0.39, 0.29) is 0 Å². The molecule has 0 aromatic carbocycles. The van der Waals surface area contributed by atoms with Gasteiger partial charge >= 0.3 is 119 Å². The summed E-state index contributed by atoms with van der Waals surface area (Å²) in [5, 5.41) is 1.49. The third-order valence-electron chi connectivity index (χ3n) is 1.14. The molecule has 0 unspecified atom stereocenters. The van der Waals surface area contributed by atoms with Crippen molar-refractivity contribution in [2.24, 2.45) is 0 Å². The molecular formula is C8H10Se6. The number of rotatable bonds is 0. The molecule has 0 nitrogen and oxygen atoms in total. The molecule has 0 N–H and O–H groups in total. The second-order valence-corrected chi connectivity index (χ2v) is 47.0. The van der Waals surface area contributed by atoms with E-state index in [4.69, 9.17) is 0 Å². The fraction of sp³-hybridized carbons (Fsp3) is 0.250. The Morgan fingerprint density at radius 3 is 2.64 bits per heavy atom. The van der Waals surface area contributed by atoms with E-state index in [0.29, 0.717) is 0 Å². The van der Waals surface area contributed by atoms with Crippen LogP contribution in [0.2, 0.25) is 5.32 Å².